The van der Waals surface area contributed by atoms with Gasteiger partial charge in [-0.1, -0.05) is 36.4 Å². The Hall–Kier alpha value is -1.65. The normalized spacial score (nSPS) is 20.3. The Labute approximate surface area is 138 Å². The van der Waals surface area contributed by atoms with E-state index in [2.05, 4.69) is 33.4 Å². The third-order valence-electron chi connectivity index (χ3n) is 4.19. The van der Waals surface area contributed by atoms with Crippen molar-refractivity contribution in [3.05, 3.63) is 69.7 Å². The molecule has 0 saturated heterocycles. The molecular weight excluding hydrogens is 342 g/mol. The lowest BCUT2D eigenvalue weighted by Crippen LogP contribution is -2.46. The molecule has 1 atom stereocenters. The molecule has 3 rings (SSSR count). The van der Waals surface area contributed by atoms with E-state index in [9.17, 15) is 9.90 Å². The minimum absolute atomic E-state index is 0.167. The zero-order valence-electron chi connectivity index (χ0n) is 12.2. The molecule has 2 aromatic rings. The molecule has 114 valence electrons. The Bertz CT molecular complexity index is 701. The molecule has 0 spiro atoms. The predicted molar refractivity (Wildman–Crippen MR) is 89.9 cm³/mol. The van der Waals surface area contributed by atoms with Crippen molar-refractivity contribution in [2.24, 2.45) is 0 Å². The van der Waals surface area contributed by atoms with Crippen LogP contribution in [0.15, 0.2) is 53.0 Å². The van der Waals surface area contributed by atoms with Gasteiger partial charge in [0, 0.05) is 17.4 Å². The van der Waals surface area contributed by atoms with Crippen molar-refractivity contribution in [2.75, 3.05) is 6.54 Å². The molecular formula is C18H18BrNO2. The Balaban J connectivity index is 1.67. The van der Waals surface area contributed by atoms with E-state index in [1.807, 2.05) is 30.3 Å². The monoisotopic (exact) mass is 359 g/mol. The van der Waals surface area contributed by atoms with Crippen LogP contribution in [0.2, 0.25) is 0 Å². The first-order valence-electron chi connectivity index (χ1n) is 7.39. The maximum absolute atomic E-state index is 12.2. The molecule has 22 heavy (non-hydrogen) atoms. The lowest BCUT2D eigenvalue weighted by Gasteiger charge is -2.33. The van der Waals surface area contributed by atoms with Gasteiger partial charge in [0.1, 0.15) is 0 Å². The van der Waals surface area contributed by atoms with Crippen LogP contribution in [-0.2, 0) is 12.8 Å². The average Bonchev–Trinajstić information content (AvgIpc) is 2.53. The molecule has 0 bridgehead atoms. The van der Waals surface area contributed by atoms with E-state index < -0.39 is 5.60 Å². The number of carbonyl (C=O) groups is 1. The summed E-state index contributed by atoms with van der Waals surface area (Å²) in [4.78, 5) is 12.2. The highest BCUT2D eigenvalue weighted by Crippen LogP contribution is 2.28. The molecule has 0 saturated carbocycles. The quantitative estimate of drug-likeness (QED) is 0.884. The van der Waals surface area contributed by atoms with Gasteiger partial charge in [-0.3, -0.25) is 4.79 Å². The van der Waals surface area contributed by atoms with Crippen LogP contribution >= 0.6 is 15.9 Å². The second-order valence-corrected chi connectivity index (χ2v) is 6.69. The topological polar surface area (TPSA) is 49.3 Å². The maximum atomic E-state index is 12.2. The Morgan fingerprint density at radius 2 is 1.82 bits per heavy atom. The molecule has 0 heterocycles. The van der Waals surface area contributed by atoms with Gasteiger partial charge in [0.25, 0.3) is 5.91 Å². The van der Waals surface area contributed by atoms with E-state index in [0.717, 1.165) is 10.9 Å². The average molecular weight is 360 g/mol. The number of hydrogen-bond acceptors (Lipinski definition) is 2. The molecule has 1 unspecified atom stereocenters. The smallest absolute Gasteiger partial charge is 0.252 e. The van der Waals surface area contributed by atoms with Gasteiger partial charge >= 0.3 is 0 Å². The number of benzene rings is 2. The van der Waals surface area contributed by atoms with Crippen LogP contribution in [0.3, 0.4) is 0 Å². The fourth-order valence-electron chi connectivity index (χ4n) is 2.92. The molecule has 2 N–H and O–H groups in total. The van der Waals surface area contributed by atoms with Crippen LogP contribution in [0, 0.1) is 0 Å². The van der Waals surface area contributed by atoms with Crippen molar-refractivity contribution in [1.82, 2.24) is 5.32 Å². The summed E-state index contributed by atoms with van der Waals surface area (Å²) >= 11 is 3.37. The van der Waals surface area contributed by atoms with Crippen LogP contribution in [-0.4, -0.2) is 23.2 Å². The third kappa shape index (κ3) is 3.23. The number of amides is 1. The number of aryl methyl sites for hydroxylation is 1. The Kier molecular flexibility index (Phi) is 4.32. The minimum Gasteiger partial charge on any atom is -0.388 e. The molecule has 3 nitrogen and oxygen atoms in total. The number of aliphatic hydroxyl groups is 1. The Morgan fingerprint density at radius 1 is 1.14 bits per heavy atom. The second-order valence-electron chi connectivity index (χ2n) is 5.83. The van der Waals surface area contributed by atoms with Crippen molar-refractivity contribution < 1.29 is 9.90 Å². The van der Waals surface area contributed by atoms with Gasteiger partial charge in [0.2, 0.25) is 0 Å². The SMILES string of the molecule is O=C(NCC1(O)CCc2ccccc2C1)c1ccccc1Br. The molecule has 2 aromatic carbocycles. The molecule has 0 aromatic heterocycles. The van der Waals surface area contributed by atoms with E-state index >= 15 is 0 Å². The summed E-state index contributed by atoms with van der Waals surface area (Å²) < 4.78 is 0.758. The summed E-state index contributed by atoms with van der Waals surface area (Å²) in [6.07, 6.45) is 2.09. The summed E-state index contributed by atoms with van der Waals surface area (Å²) in [7, 11) is 0. The van der Waals surface area contributed by atoms with E-state index in [0.29, 0.717) is 18.4 Å². The van der Waals surface area contributed by atoms with Crippen molar-refractivity contribution in [3.8, 4) is 0 Å². The summed E-state index contributed by atoms with van der Waals surface area (Å²) in [5, 5.41) is 13.6. The largest absolute Gasteiger partial charge is 0.388 e. The Morgan fingerprint density at radius 3 is 2.59 bits per heavy atom. The molecule has 4 heteroatoms. The van der Waals surface area contributed by atoms with Crippen molar-refractivity contribution in [1.29, 1.82) is 0 Å². The van der Waals surface area contributed by atoms with E-state index in [-0.39, 0.29) is 12.5 Å². The van der Waals surface area contributed by atoms with E-state index in [4.69, 9.17) is 0 Å². The summed E-state index contributed by atoms with van der Waals surface area (Å²) in [5.41, 5.74) is 2.18. The van der Waals surface area contributed by atoms with Crippen molar-refractivity contribution in [2.45, 2.75) is 24.9 Å². The molecule has 0 fully saturated rings. The molecule has 1 amide bonds. The van der Waals surface area contributed by atoms with Crippen molar-refractivity contribution in [3.63, 3.8) is 0 Å². The maximum Gasteiger partial charge on any atom is 0.252 e. The van der Waals surface area contributed by atoms with E-state index in [1.54, 1.807) is 6.07 Å². The van der Waals surface area contributed by atoms with Crippen molar-refractivity contribution >= 4 is 21.8 Å². The fraction of sp³-hybridized carbons (Fsp3) is 0.278. The lowest BCUT2D eigenvalue weighted by molar-refractivity contribution is 0.0260. The lowest BCUT2D eigenvalue weighted by atomic mass is 9.80. The number of fused-ring (bicyclic) bond motifs is 1. The first-order chi connectivity index (χ1) is 10.6. The van der Waals surface area contributed by atoms with Gasteiger partial charge in [-0.15, -0.1) is 0 Å². The van der Waals surface area contributed by atoms with E-state index in [1.165, 1.54) is 11.1 Å². The standard InChI is InChI=1S/C18H18BrNO2/c19-16-8-4-3-7-15(16)17(21)20-12-18(22)10-9-13-5-1-2-6-14(13)11-18/h1-8,22H,9-12H2,(H,20,21). The van der Waals surface area contributed by atoms with Crippen LogP contribution in [0.4, 0.5) is 0 Å². The number of carbonyl (C=O) groups excluding carboxylic acids is 1. The second kappa shape index (κ2) is 6.23. The van der Waals surface area contributed by atoms with Gasteiger partial charge in [-0.25, -0.2) is 0 Å². The van der Waals surface area contributed by atoms with Gasteiger partial charge in [0.05, 0.1) is 11.2 Å². The molecule has 1 aliphatic carbocycles. The first-order valence-corrected chi connectivity index (χ1v) is 8.19. The first kappa shape index (κ1) is 15.3. The van der Waals surface area contributed by atoms with Gasteiger partial charge in [-0.05, 0) is 52.0 Å². The highest BCUT2D eigenvalue weighted by Gasteiger charge is 2.32. The number of rotatable bonds is 3. The van der Waals surface area contributed by atoms with Gasteiger partial charge in [-0.2, -0.15) is 0 Å². The summed E-state index contributed by atoms with van der Waals surface area (Å²) in [6.45, 7) is 0.265. The molecule has 1 aliphatic rings. The number of halogens is 1. The molecule has 0 radical (unpaired) electrons. The third-order valence-corrected chi connectivity index (χ3v) is 4.89. The van der Waals surface area contributed by atoms with Crippen LogP contribution < -0.4 is 5.32 Å². The highest BCUT2D eigenvalue weighted by molar-refractivity contribution is 9.10. The van der Waals surface area contributed by atoms with Gasteiger partial charge < -0.3 is 10.4 Å². The predicted octanol–water partition coefficient (Wildman–Crippen LogP) is 3.10. The summed E-state index contributed by atoms with van der Waals surface area (Å²) in [6, 6.07) is 15.5. The molecule has 0 aliphatic heterocycles. The summed E-state index contributed by atoms with van der Waals surface area (Å²) in [5.74, 6) is -0.167. The minimum atomic E-state index is -0.870. The van der Waals surface area contributed by atoms with Crippen LogP contribution in [0.1, 0.15) is 27.9 Å². The fourth-order valence-corrected chi connectivity index (χ4v) is 3.39. The highest BCUT2D eigenvalue weighted by atomic mass is 79.9. The van der Waals surface area contributed by atoms with Gasteiger partial charge in [0.15, 0.2) is 0 Å². The zero-order chi connectivity index (χ0) is 15.6. The van der Waals surface area contributed by atoms with Crippen LogP contribution in [0.5, 0.6) is 0 Å². The van der Waals surface area contributed by atoms with Crippen LogP contribution in [0.25, 0.3) is 0 Å². The number of nitrogens with one attached hydrogen (secondary N) is 1. The zero-order valence-corrected chi connectivity index (χ0v) is 13.8. The number of hydrogen-bond donors (Lipinski definition) is 2.